The molecular formula is C19H24N4OS. The summed E-state index contributed by atoms with van der Waals surface area (Å²) in [7, 11) is 0. The highest BCUT2D eigenvalue weighted by Gasteiger charge is 2.19. The molecule has 1 saturated carbocycles. The molecule has 0 saturated heterocycles. The Morgan fingerprint density at radius 3 is 2.92 bits per heavy atom. The first-order chi connectivity index (χ1) is 12.2. The normalized spacial score (nSPS) is 14.6. The molecule has 1 amide bonds. The molecule has 0 unspecified atom stereocenters. The van der Waals surface area contributed by atoms with Crippen molar-refractivity contribution < 1.29 is 4.79 Å². The van der Waals surface area contributed by atoms with Gasteiger partial charge < -0.3 is 5.32 Å². The van der Waals surface area contributed by atoms with Gasteiger partial charge in [-0.2, -0.15) is 0 Å². The molecule has 1 aliphatic rings. The Hall–Kier alpha value is -2.08. The van der Waals surface area contributed by atoms with Gasteiger partial charge in [0.15, 0.2) is 11.0 Å². The van der Waals surface area contributed by atoms with Gasteiger partial charge in [0.2, 0.25) is 5.91 Å². The predicted octanol–water partition coefficient (Wildman–Crippen LogP) is 3.59. The van der Waals surface area contributed by atoms with Crippen molar-refractivity contribution in [1.82, 2.24) is 20.1 Å². The van der Waals surface area contributed by atoms with E-state index >= 15 is 0 Å². The molecule has 1 fully saturated rings. The van der Waals surface area contributed by atoms with Crippen LogP contribution in [0.3, 0.4) is 0 Å². The molecule has 132 valence electrons. The van der Waals surface area contributed by atoms with Crippen molar-refractivity contribution in [1.29, 1.82) is 0 Å². The van der Waals surface area contributed by atoms with Crippen LogP contribution in [-0.4, -0.2) is 32.5 Å². The summed E-state index contributed by atoms with van der Waals surface area (Å²) in [5.74, 6) is 1.24. The van der Waals surface area contributed by atoms with Crippen LogP contribution >= 0.6 is 11.8 Å². The fourth-order valence-corrected chi connectivity index (χ4v) is 3.92. The van der Waals surface area contributed by atoms with Crippen LogP contribution in [-0.2, 0) is 11.3 Å². The number of hydrogen-bond acceptors (Lipinski definition) is 4. The first-order valence-electron chi connectivity index (χ1n) is 8.70. The minimum Gasteiger partial charge on any atom is -0.353 e. The number of nitrogens with zero attached hydrogens (tertiary/aromatic N) is 3. The molecule has 1 aromatic carbocycles. The molecule has 0 aliphatic heterocycles. The molecule has 0 radical (unpaired) electrons. The average molecular weight is 356 g/mol. The minimum atomic E-state index is 0.0714. The highest BCUT2D eigenvalue weighted by molar-refractivity contribution is 7.99. The van der Waals surface area contributed by atoms with Crippen LogP contribution in [0.2, 0.25) is 0 Å². The van der Waals surface area contributed by atoms with Crippen LogP contribution in [0.15, 0.2) is 42.1 Å². The summed E-state index contributed by atoms with van der Waals surface area (Å²) in [5, 5.41) is 12.5. The number of carbonyl (C=O) groups excluding carboxylic acids is 1. The van der Waals surface area contributed by atoms with Crippen molar-refractivity contribution in [2.45, 2.75) is 50.4 Å². The lowest BCUT2D eigenvalue weighted by molar-refractivity contribution is -0.119. The molecule has 1 aliphatic carbocycles. The zero-order valence-corrected chi connectivity index (χ0v) is 15.4. The Bertz CT molecular complexity index is 750. The molecular weight excluding hydrogens is 332 g/mol. The monoisotopic (exact) mass is 356 g/mol. The number of allylic oxidation sites excluding steroid dienone is 1. The van der Waals surface area contributed by atoms with Crippen LogP contribution in [0.25, 0.3) is 11.4 Å². The number of aryl methyl sites for hydroxylation is 1. The second-order valence-corrected chi connectivity index (χ2v) is 7.36. The first-order valence-corrected chi connectivity index (χ1v) is 9.69. The Kier molecular flexibility index (Phi) is 5.91. The fraction of sp³-hybridized carbons (Fsp3) is 0.421. The quantitative estimate of drug-likeness (QED) is 0.608. The van der Waals surface area contributed by atoms with Gasteiger partial charge in [0.05, 0.1) is 5.75 Å². The van der Waals surface area contributed by atoms with E-state index in [1.807, 2.05) is 22.8 Å². The van der Waals surface area contributed by atoms with E-state index in [9.17, 15) is 4.79 Å². The Morgan fingerprint density at radius 2 is 2.20 bits per heavy atom. The van der Waals surface area contributed by atoms with Crippen molar-refractivity contribution in [3.63, 3.8) is 0 Å². The van der Waals surface area contributed by atoms with E-state index in [0.29, 0.717) is 18.3 Å². The predicted molar refractivity (Wildman–Crippen MR) is 102 cm³/mol. The fourth-order valence-electron chi connectivity index (χ4n) is 3.16. The maximum atomic E-state index is 12.2. The number of benzene rings is 1. The van der Waals surface area contributed by atoms with Gasteiger partial charge in [-0.3, -0.25) is 9.36 Å². The molecule has 1 N–H and O–H groups in total. The van der Waals surface area contributed by atoms with E-state index in [0.717, 1.165) is 29.4 Å². The van der Waals surface area contributed by atoms with Crippen LogP contribution in [0.4, 0.5) is 0 Å². The van der Waals surface area contributed by atoms with Gasteiger partial charge in [0.25, 0.3) is 0 Å². The van der Waals surface area contributed by atoms with Gasteiger partial charge in [-0.25, -0.2) is 0 Å². The molecule has 3 rings (SSSR count). The minimum absolute atomic E-state index is 0.0714. The lowest BCUT2D eigenvalue weighted by Gasteiger charge is -2.12. The van der Waals surface area contributed by atoms with Crippen LogP contribution in [0.1, 0.15) is 31.2 Å². The SMILES string of the molecule is C=CCn1c(SCC(=O)NC2CCCC2)nnc1-c1cccc(C)c1. The van der Waals surface area contributed by atoms with Crippen LogP contribution in [0, 0.1) is 6.92 Å². The van der Waals surface area contributed by atoms with E-state index in [1.54, 1.807) is 0 Å². The zero-order chi connectivity index (χ0) is 17.6. The summed E-state index contributed by atoms with van der Waals surface area (Å²) in [5.41, 5.74) is 2.20. The number of aromatic nitrogens is 3. The van der Waals surface area contributed by atoms with Gasteiger partial charge in [0, 0.05) is 18.2 Å². The van der Waals surface area contributed by atoms with E-state index in [-0.39, 0.29) is 5.91 Å². The van der Waals surface area contributed by atoms with Crippen molar-refractivity contribution in [2.75, 3.05) is 5.75 Å². The second-order valence-electron chi connectivity index (χ2n) is 6.41. The van der Waals surface area contributed by atoms with Gasteiger partial charge >= 0.3 is 0 Å². The number of hydrogen-bond donors (Lipinski definition) is 1. The highest BCUT2D eigenvalue weighted by atomic mass is 32.2. The molecule has 0 bridgehead atoms. The highest BCUT2D eigenvalue weighted by Crippen LogP contribution is 2.25. The van der Waals surface area contributed by atoms with E-state index in [1.165, 1.54) is 30.2 Å². The van der Waals surface area contributed by atoms with Gasteiger partial charge in [0.1, 0.15) is 0 Å². The lowest BCUT2D eigenvalue weighted by atomic mass is 10.1. The number of amides is 1. The maximum Gasteiger partial charge on any atom is 0.230 e. The summed E-state index contributed by atoms with van der Waals surface area (Å²) in [6.45, 7) is 6.50. The van der Waals surface area contributed by atoms with E-state index in [4.69, 9.17) is 0 Å². The largest absolute Gasteiger partial charge is 0.353 e. The summed E-state index contributed by atoms with van der Waals surface area (Å²) in [6, 6.07) is 8.53. The standard InChI is InChI=1S/C19H24N4OS/c1-3-11-23-18(15-8-6-7-14(2)12-15)21-22-19(23)25-13-17(24)20-16-9-4-5-10-16/h3,6-8,12,16H,1,4-5,9-11,13H2,2H3,(H,20,24). The molecule has 6 heteroatoms. The lowest BCUT2D eigenvalue weighted by Crippen LogP contribution is -2.33. The summed E-state index contributed by atoms with van der Waals surface area (Å²) in [6.07, 6.45) is 6.45. The topological polar surface area (TPSA) is 59.8 Å². The summed E-state index contributed by atoms with van der Waals surface area (Å²) >= 11 is 1.43. The summed E-state index contributed by atoms with van der Waals surface area (Å²) < 4.78 is 2.01. The molecule has 5 nitrogen and oxygen atoms in total. The van der Waals surface area contributed by atoms with Gasteiger partial charge in [-0.05, 0) is 25.8 Å². The summed E-state index contributed by atoms with van der Waals surface area (Å²) in [4.78, 5) is 12.2. The van der Waals surface area contributed by atoms with Crippen molar-refractivity contribution >= 4 is 17.7 Å². The molecule has 2 aromatic rings. The van der Waals surface area contributed by atoms with Crippen LogP contribution < -0.4 is 5.32 Å². The molecule has 1 heterocycles. The average Bonchev–Trinajstić information content (AvgIpc) is 3.23. The smallest absolute Gasteiger partial charge is 0.230 e. The number of carbonyl (C=O) groups is 1. The number of thioether (sulfide) groups is 1. The van der Waals surface area contributed by atoms with E-state index < -0.39 is 0 Å². The molecule has 0 spiro atoms. The van der Waals surface area contributed by atoms with Crippen molar-refractivity contribution in [2.24, 2.45) is 0 Å². The number of rotatable bonds is 7. The molecule has 25 heavy (non-hydrogen) atoms. The third kappa shape index (κ3) is 4.51. The first kappa shape index (κ1) is 17.7. The third-order valence-electron chi connectivity index (χ3n) is 4.36. The Morgan fingerprint density at radius 1 is 1.40 bits per heavy atom. The maximum absolute atomic E-state index is 12.2. The van der Waals surface area contributed by atoms with Gasteiger partial charge in [-0.15, -0.1) is 16.8 Å². The Balaban J connectivity index is 1.70. The van der Waals surface area contributed by atoms with E-state index in [2.05, 4.69) is 41.1 Å². The van der Waals surface area contributed by atoms with Crippen molar-refractivity contribution in [3.05, 3.63) is 42.5 Å². The Labute approximate surface area is 152 Å². The third-order valence-corrected chi connectivity index (χ3v) is 5.32. The second kappa shape index (κ2) is 8.34. The van der Waals surface area contributed by atoms with Crippen molar-refractivity contribution in [3.8, 4) is 11.4 Å². The molecule has 0 atom stereocenters. The molecule has 1 aromatic heterocycles. The zero-order valence-electron chi connectivity index (χ0n) is 14.6. The van der Waals surface area contributed by atoms with Crippen LogP contribution in [0.5, 0.6) is 0 Å². The number of nitrogens with one attached hydrogen (secondary N) is 1. The van der Waals surface area contributed by atoms with Gasteiger partial charge in [-0.1, -0.05) is 54.4 Å².